The molecule has 60 valence electrons. The third kappa shape index (κ3) is 2.74. The quantitative estimate of drug-likeness (QED) is 0.512. The average molecular weight is 167 g/mol. The van der Waals surface area contributed by atoms with Crippen molar-refractivity contribution in [2.75, 3.05) is 12.3 Å². The summed E-state index contributed by atoms with van der Waals surface area (Å²) in [6.07, 6.45) is 0.990. The van der Waals surface area contributed by atoms with Crippen molar-refractivity contribution in [3.8, 4) is 0 Å². The maximum absolute atomic E-state index is 5.53. The smallest absolute Gasteiger partial charge is 0.145 e. The van der Waals surface area contributed by atoms with Gasteiger partial charge in [0.1, 0.15) is 10.5 Å². The van der Waals surface area contributed by atoms with Crippen molar-refractivity contribution in [2.24, 2.45) is 0 Å². The predicted octanol–water partition coefficient (Wildman–Crippen LogP) is 0.108. The van der Waals surface area contributed by atoms with E-state index in [1.807, 2.05) is 24.3 Å². The lowest BCUT2D eigenvalue weighted by Crippen LogP contribution is -1.95. The zero-order valence-corrected chi connectivity index (χ0v) is 8.71. The summed E-state index contributed by atoms with van der Waals surface area (Å²) in [6, 6.07) is 7.91. The lowest BCUT2D eigenvalue weighted by atomic mass is 10.1. The Balaban J connectivity index is 2.52. The van der Waals surface area contributed by atoms with Crippen LogP contribution in [-0.4, -0.2) is 17.1 Å². The Morgan fingerprint density at radius 3 is 2.45 bits per heavy atom. The highest BCUT2D eigenvalue weighted by atomic mass is 28.2. The second-order valence-corrected chi connectivity index (χ2v) is 3.06. The van der Waals surface area contributed by atoms with Gasteiger partial charge in [0, 0.05) is 12.3 Å². The van der Waals surface area contributed by atoms with Crippen molar-refractivity contribution in [3.05, 3.63) is 29.8 Å². The summed E-state index contributed by atoms with van der Waals surface area (Å²) in [5.74, 6) is 0. The van der Waals surface area contributed by atoms with Gasteiger partial charge in [0.25, 0.3) is 0 Å². The fraction of sp³-hybridized carbons (Fsp3) is 0.250. The molecule has 1 rings (SSSR count). The number of nitrogens with two attached hydrogens (primary N) is 1. The van der Waals surface area contributed by atoms with Gasteiger partial charge >= 0.3 is 0 Å². The molecular formula is C8H13NOSi. The van der Waals surface area contributed by atoms with Crippen LogP contribution in [0.5, 0.6) is 0 Å². The molecule has 3 heteroatoms. The van der Waals surface area contributed by atoms with Gasteiger partial charge in [-0.3, -0.25) is 0 Å². The second kappa shape index (κ2) is 4.15. The molecule has 0 heterocycles. The molecule has 0 bridgehead atoms. The third-order valence-electron chi connectivity index (χ3n) is 1.57. The first-order valence-corrected chi connectivity index (χ1v) is 4.48. The molecule has 2 N–H and O–H groups in total. The molecule has 0 saturated carbocycles. The van der Waals surface area contributed by atoms with E-state index in [2.05, 4.69) is 0 Å². The van der Waals surface area contributed by atoms with Gasteiger partial charge in [-0.25, -0.2) is 0 Å². The molecule has 0 saturated heterocycles. The molecule has 0 fully saturated rings. The summed E-state index contributed by atoms with van der Waals surface area (Å²) in [6.45, 7) is 0.830. The Bertz CT molecular complexity index is 210. The molecule has 0 unspecified atom stereocenters. The molecule has 2 nitrogen and oxygen atoms in total. The van der Waals surface area contributed by atoms with E-state index in [9.17, 15) is 0 Å². The SMILES string of the molecule is Nc1ccc(CCO[SiH3])cc1. The fourth-order valence-electron chi connectivity index (χ4n) is 0.904. The Kier molecular flexibility index (Phi) is 3.13. The molecule has 0 aliphatic heterocycles. The number of benzene rings is 1. The number of hydrogen-bond donors (Lipinski definition) is 1. The molecule has 1 aromatic carbocycles. The van der Waals surface area contributed by atoms with Gasteiger partial charge in [-0.2, -0.15) is 0 Å². The Morgan fingerprint density at radius 1 is 1.27 bits per heavy atom. The van der Waals surface area contributed by atoms with E-state index in [4.69, 9.17) is 10.2 Å². The monoisotopic (exact) mass is 167 g/mol. The largest absolute Gasteiger partial charge is 0.428 e. The van der Waals surface area contributed by atoms with E-state index < -0.39 is 0 Å². The first-order valence-electron chi connectivity index (χ1n) is 3.66. The summed E-state index contributed by atoms with van der Waals surface area (Å²) in [4.78, 5) is 0. The average Bonchev–Trinajstić information content (AvgIpc) is 2.04. The van der Waals surface area contributed by atoms with E-state index in [1.165, 1.54) is 5.56 Å². The van der Waals surface area contributed by atoms with Gasteiger partial charge in [-0.05, 0) is 24.1 Å². The summed E-state index contributed by atoms with van der Waals surface area (Å²) in [5, 5.41) is 0. The lowest BCUT2D eigenvalue weighted by molar-refractivity contribution is 0.354. The molecule has 0 aliphatic carbocycles. The van der Waals surface area contributed by atoms with Crippen LogP contribution >= 0.6 is 0 Å². The molecule has 1 aromatic rings. The summed E-state index contributed by atoms with van der Waals surface area (Å²) in [7, 11) is 0.823. The minimum absolute atomic E-state index is 0.820. The molecule has 0 aromatic heterocycles. The van der Waals surface area contributed by atoms with Crippen LogP contribution in [0.1, 0.15) is 5.56 Å². The molecule has 0 aliphatic rings. The predicted molar refractivity (Wildman–Crippen MR) is 50.4 cm³/mol. The Labute approximate surface area is 69.9 Å². The first-order chi connectivity index (χ1) is 5.33. The molecule has 0 radical (unpaired) electrons. The highest BCUT2D eigenvalue weighted by molar-refractivity contribution is 5.97. The number of rotatable bonds is 3. The van der Waals surface area contributed by atoms with Gasteiger partial charge in [-0.15, -0.1) is 0 Å². The van der Waals surface area contributed by atoms with E-state index in [1.54, 1.807) is 0 Å². The van der Waals surface area contributed by atoms with Crippen LogP contribution in [0.25, 0.3) is 0 Å². The van der Waals surface area contributed by atoms with Crippen LogP contribution in [0, 0.1) is 0 Å². The highest BCUT2D eigenvalue weighted by Crippen LogP contribution is 2.05. The first kappa shape index (κ1) is 8.29. The molecular weight excluding hydrogens is 154 g/mol. The Morgan fingerprint density at radius 2 is 1.91 bits per heavy atom. The Hall–Kier alpha value is -0.803. The summed E-state index contributed by atoms with van der Waals surface area (Å²) in [5.41, 5.74) is 7.64. The minimum Gasteiger partial charge on any atom is -0.428 e. The van der Waals surface area contributed by atoms with Crippen LogP contribution in [0.3, 0.4) is 0 Å². The van der Waals surface area contributed by atoms with Crippen molar-refractivity contribution < 1.29 is 4.43 Å². The van der Waals surface area contributed by atoms with E-state index >= 15 is 0 Å². The van der Waals surface area contributed by atoms with E-state index in [0.717, 1.165) is 29.2 Å². The summed E-state index contributed by atoms with van der Waals surface area (Å²) < 4.78 is 5.08. The minimum atomic E-state index is 0.820. The van der Waals surface area contributed by atoms with Gasteiger partial charge in [0.15, 0.2) is 0 Å². The van der Waals surface area contributed by atoms with Gasteiger partial charge in [-0.1, -0.05) is 12.1 Å². The normalized spacial score (nSPS) is 10.2. The maximum atomic E-state index is 5.53. The lowest BCUT2D eigenvalue weighted by Gasteiger charge is -2.00. The van der Waals surface area contributed by atoms with E-state index in [-0.39, 0.29) is 0 Å². The van der Waals surface area contributed by atoms with Crippen molar-refractivity contribution in [3.63, 3.8) is 0 Å². The second-order valence-electron chi connectivity index (χ2n) is 2.48. The van der Waals surface area contributed by atoms with Crippen LogP contribution in [-0.2, 0) is 10.8 Å². The number of anilines is 1. The molecule has 0 atom stereocenters. The van der Waals surface area contributed by atoms with Crippen molar-refractivity contribution in [1.29, 1.82) is 0 Å². The standard InChI is InChI=1S/C8H13NOSi/c9-8-3-1-7(2-4-8)5-6-10-11/h1-4H,5-6,9H2,11H3. The maximum Gasteiger partial charge on any atom is 0.145 e. The fourth-order valence-corrected chi connectivity index (χ4v) is 1.11. The van der Waals surface area contributed by atoms with Crippen LogP contribution in [0.2, 0.25) is 0 Å². The van der Waals surface area contributed by atoms with E-state index in [0.29, 0.717) is 0 Å². The number of hydrogen-bond acceptors (Lipinski definition) is 2. The van der Waals surface area contributed by atoms with Gasteiger partial charge in [0.05, 0.1) is 0 Å². The highest BCUT2D eigenvalue weighted by Gasteiger charge is 1.90. The van der Waals surface area contributed by atoms with Crippen molar-refractivity contribution in [2.45, 2.75) is 6.42 Å². The van der Waals surface area contributed by atoms with Crippen LogP contribution in [0.15, 0.2) is 24.3 Å². The van der Waals surface area contributed by atoms with Gasteiger partial charge in [0.2, 0.25) is 0 Å². The van der Waals surface area contributed by atoms with Crippen LogP contribution in [0.4, 0.5) is 5.69 Å². The van der Waals surface area contributed by atoms with Gasteiger partial charge < -0.3 is 10.2 Å². The topological polar surface area (TPSA) is 35.2 Å². The zero-order chi connectivity index (χ0) is 8.10. The van der Waals surface area contributed by atoms with Crippen LogP contribution < -0.4 is 5.73 Å². The molecule has 11 heavy (non-hydrogen) atoms. The summed E-state index contributed by atoms with van der Waals surface area (Å²) >= 11 is 0. The molecule has 0 amide bonds. The van der Waals surface area contributed by atoms with Crippen molar-refractivity contribution in [1.82, 2.24) is 0 Å². The third-order valence-corrected chi connectivity index (χ3v) is 1.98. The zero-order valence-electron chi connectivity index (χ0n) is 6.71. The molecule has 0 spiro atoms. The number of nitrogen functional groups attached to an aromatic ring is 1. The van der Waals surface area contributed by atoms with Crippen molar-refractivity contribution >= 4 is 16.2 Å².